The SMILES string of the molecule is Cc1ccc(S(=O)(=O)n2nccc2-c2ccccc2)cc1. The molecule has 0 aliphatic carbocycles. The van der Waals surface area contributed by atoms with E-state index in [1.165, 1.54) is 6.20 Å². The summed E-state index contributed by atoms with van der Waals surface area (Å²) in [7, 11) is -3.69. The monoisotopic (exact) mass is 298 g/mol. The summed E-state index contributed by atoms with van der Waals surface area (Å²) in [5.41, 5.74) is 2.37. The summed E-state index contributed by atoms with van der Waals surface area (Å²) in [4.78, 5) is 0.231. The van der Waals surface area contributed by atoms with Crippen LogP contribution in [0.4, 0.5) is 0 Å². The summed E-state index contributed by atoms with van der Waals surface area (Å²) >= 11 is 0. The highest BCUT2D eigenvalue weighted by molar-refractivity contribution is 7.90. The molecule has 3 aromatic rings. The third-order valence-electron chi connectivity index (χ3n) is 3.23. The molecule has 106 valence electrons. The van der Waals surface area contributed by atoms with E-state index in [9.17, 15) is 8.42 Å². The molecule has 2 aromatic carbocycles. The molecule has 0 N–H and O–H groups in total. The Bertz CT molecular complexity index is 851. The maximum absolute atomic E-state index is 12.7. The van der Waals surface area contributed by atoms with Gasteiger partial charge in [0.25, 0.3) is 10.0 Å². The molecule has 1 heterocycles. The number of aromatic nitrogens is 2. The molecule has 0 fully saturated rings. The molecule has 3 rings (SSSR count). The summed E-state index contributed by atoms with van der Waals surface area (Å²) in [5.74, 6) is 0. The first-order valence-corrected chi connectivity index (χ1v) is 7.95. The van der Waals surface area contributed by atoms with Gasteiger partial charge in [0, 0.05) is 5.56 Å². The first-order valence-electron chi connectivity index (χ1n) is 6.51. The van der Waals surface area contributed by atoms with E-state index >= 15 is 0 Å². The van der Waals surface area contributed by atoms with Crippen LogP contribution in [0.1, 0.15) is 5.56 Å². The summed E-state index contributed by atoms with van der Waals surface area (Å²) in [6, 6.07) is 17.8. The lowest BCUT2D eigenvalue weighted by Gasteiger charge is -2.09. The largest absolute Gasteiger partial charge is 0.283 e. The van der Waals surface area contributed by atoms with Crippen LogP contribution in [0.15, 0.2) is 71.8 Å². The minimum absolute atomic E-state index is 0.231. The Balaban J connectivity index is 2.13. The van der Waals surface area contributed by atoms with E-state index in [-0.39, 0.29) is 4.90 Å². The van der Waals surface area contributed by atoms with Crippen molar-refractivity contribution in [3.8, 4) is 11.3 Å². The van der Waals surface area contributed by atoms with E-state index in [0.29, 0.717) is 5.69 Å². The van der Waals surface area contributed by atoms with Gasteiger partial charge in [0.05, 0.1) is 16.8 Å². The lowest BCUT2D eigenvalue weighted by molar-refractivity contribution is 0.581. The lowest BCUT2D eigenvalue weighted by Crippen LogP contribution is -2.15. The summed E-state index contributed by atoms with van der Waals surface area (Å²) in [6.07, 6.45) is 1.49. The second-order valence-corrected chi connectivity index (χ2v) is 6.51. The van der Waals surface area contributed by atoms with Gasteiger partial charge >= 0.3 is 0 Å². The van der Waals surface area contributed by atoms with Crippen LogP contribution in [0.5, 0.6) is 0 Å². The Hall–Kier alpha value is -2.40. The van der Waals surface area contributed by atoms with E-state index in [1.807, 2.05) is 37.3 Å². The fourth-order valence-electron chi connectivity index (χ4n) is 2.11. The average Bonchev–Trinajstić information content (AvgIpc) is 2.99. The van der Waals surface area contributed by atoms with Gasteiger partial charge < -0.3 is 0 Å². The summed E-state index contributed by atoms with van der Waals surface area (Å²) in [6.45, 7) is 1.92. The molecule has 1 aromatic heterocycles. The van der Waals surface area contributed by atoms with E-state index in [4.69, 9.17) is 0 Å². The highest BCUT2D eigenvalue weighted by Gasteiger charge is 2.21. The van der Waals surface area contributed by atoms with Gasteiger partial charge in [0.2, 0.25) is 0 Å². The van der Waals surface area contributed by atoms with Gasteiger partial charge in [-0.1, -0.05) is 48.0 Å². The van der Waals surface area contributed by atoms with Crippen molar-refractivity contribution >= 4 is 10.0 Å². The van der Waals surface area contributed by atoms with Crippen LogP contribution >= 0.6 is 0 Å². The lowest BCUT2D eigenvalue weighted by atomic mass is 10.2. The van der Waals surface area contributed by atoms with Gasteiger partial charge in [0.1, 0.15) is 0 Å². The normalized spacial score (nSPS) is 11.5. The molecule has 0 aliphatic heterocycles. The van der Waals surface area contributed by atoms with Crippen molar-refractivity contribution in [2.75, 3.05) is 0 Å². The van der Waals surface area contributed by atoms with Gasteiger partial charge in [-0.25, -0.2) is 0 Å². The van der Waals surface area contributed by atoms with Crippen LogP contribution in [-0.4, -0.2) is 17.6 Å². The third-order valence-corrected chi connectivity index (χ3v) is 4.84. The molecule has 21 heavy (non-hydrogen) atoms. The van der Waals surface area contributed by atoms with Crippen LogP contribution in [0, 0.1) is 6.92 Å². The van der Waals surface area contributed by atoms with E-state index in [1.54, 1.807) is 30.3 Å². The van der Waals surface area contributed by atoms with Crippen LogP contribution < -0.4 is 0 Å². The molecule has 0 spiro atoms. The molecule has 0 atom stereocenters. The molecule has 0 saturated carbocycles. The van der Waals surface area contributed by atoms with Gasteiger partial charge in [-0.05, 0) is 25.1 Å². The fourth-order valence-corrected chi connectivity index (χ4v) is 3.39. The highest BCUT2D eigenvalue weighted by Crippen LogP contribution is 2.23. The van der Waals surface area contributed by atoms with E-state index in [2.05, 4.69) is 5.10 Å². The Labute approximate surface area is 123 Å². The number of hydrogen-bond donors (Lipinski definition) is 0. The molecule has 0 saturated heterocycles. The Morgan fingerprint density at radius 2 is 1.57 bits per heavy atom. The maximum atomic E-state index is 12.7. The van der Waals surface area contributed by atoms with E-state index in [0.717, 1.165) is 15.2 Å². The zero-order valence-corrected chi connectivity index (χ0v) is 12.3. The van der Waals surface area contributed by atoms with E-state index < -0.39 is 10.0 Å². The van der Waals surface area contributed by atoms with Gasteiger partial charge in [-0.15, -0.1) is 0 Å². The first kappa shape index (κ1) is 13.6. The summed E-state index contributed by atoms with van der Waals surface area (Å²) in [5, 5.41) is 3.99. The van der Waals surface area contributed by atoms with Gasteiger partial charge in [0.15, 0.2) is 0 Å². The Kier molecular flexibility index (Phi) is 3.35. The molecular weight excluding hydrogens is 284 g/mol. The Morgan fingerprint density at radius 1 is 0.905 bits per heavy atom. The molecule has 0 amide bonds. The van der Waals surface area contributed by atoms with Crippen molar-refractivity contribution in [3.05, 3.63) is 72.4 Å². The van der Waals surface area contributed by atoms with Gasteiger partial charge in [-0.2, -0.15) is 17.6 Å². The minimum Gasteiger partial charge on any atom is -0.199 e. The first-order chi connectivity index (χ1) is 10.1. The van der Waals surface area contributed by atoms with Crippen molar-refractivity contribution in [2.45, 2.75) is 11.8 Å². The maximum Gasteiger partial charge on any atom is 0.283 e. The van der Waals surface area contributed by atoms with Crippen molar-refractivity contribution in [2.24, 2.45) is 0 Å². The molecule has 0 aliphatic rings. The predicted molar refractivity (Wildman–Crippen MR) is 81.4 cm³/mol. The zero-order valence-electron chi connectivity index (χ0n) is 11.5. The smallest absolute Gasteiger partial charge is 0.199 e. The molecule has 5 heteroatoms. The third kappa shape index (κ3) is 2.48. The van der Waals surface area contributed by atoms with Crippen molar-refractivity contribution < 1.29 is 8.42 Å². The zero-order chi connectivity index (χ0) is 14.9. The van der Waals surface area contributed by atoms with Crippen LogP contribution in [0.3, 0.4) is 0 Å². The van der Waals surface area contributed by atoms with Crippen molar-refractivity contribution in [1.82, 2.24) is 9.19 Å². The minimum atomic E-state index is -3.69. The van der Waals surface area contributed by atoms with Crippen molar-refractivity contribution in [1.29, 1.82) is 0 Å². The second kappa shape index (κ2) is 5.18. The molecule has 0 bridgehead atoms. The summed E-state index contributed by atoms with van der Waals surface area (Å²) < 4.78 is 26.5. The van der Waals surface area contributed by atoms with Crippen LogP contribution in [-0.2, 0) is 10.0 Å². The topological polar surface area (TPSA) is 52.0 Å². The molecule has 0 unspecified atom stereocenters. The molecule has 0 radical (unpaired) electrons. The number of hydrogen-bond acceptors (Lipinski definition) is 3. The van der Waals surface area contributed by atoms with Crippen LogP contribution in [0.2, 0.25) is 0 Å². The standard InChI is InChI=1S/C16H14N2O2S/c1-13-7-9-15(10-8-13)21(19,20)18-16(11-12-17-18)14-5-3-2-4-6-14/h2-12H,1H3. The highest BCUT2D eigenvalue weighted by atomic mass is 32.2. The average molecular weight is 298 g/mol. The molecular formula is C16H14N2O2S. The van der Waals surface area contributed by atoms with Gasteiger partial charge in [-0.3, -0.25) is 0 Å². The number of aryl methyl sites for hydroxylation is 1. The number of rotatable bonds is 3. The number of nitrogens with zero attached hydrogens (tertiary/aromatic N) is 2. The second-order valence-electron chi connectivity index (χ2n) is 4.74. The quantitative estimate of drug-likeness (QED) is 0.746. The fraction of sp³-hybridized carbons (Fsp3) is 0.0625. The Morgan fingerprint density at radius 3 is 2.24 bits per heavy atom. The number of benzene rings is 2. The predicted octanol–water partition coefficient (Wildman–Crippen LogP) is 3.10. The van der Waals surface area contributed by atoms with Crippen molar-refractivity contribution in [3.63, 3.8) is 0 Å². The van der Waals surface area contributed by atoms with Crippen LogP contribution in [0.25, 0.3) is 11.3 Å². The molecule has 4 nitrogen and oxygen atoms in total.